The van der Waals surface area contributed by atoms with Crippen molar-refractivity contribution >= 4 is 12.1 Å². The largest absolute Gasteiger partial charge is 0.501 e. The van der Waals surface area contributed by atoms with Crippen LogP contribution in [0.1, 0.15) is 16.1 Å². The first-order chi connectivity index (χ1) is 11.5. The average molecular weight is 332 g/mol. The number of fused-ring (bicyclic) bond motifs is 1. The van der Waals surface area contributed by atoms with Gasteiger partial charge in [0.05, 0.1) is 0 Å². The van der Waals surface area contributed by atoms with E-state index in [0.29, 0.717) is 12.1 Å². The van der Waals surface area contributed by atoms with Crippen LogP contribution in [0.25, 0.3) is 5.78 Å². The molecule has 0 unspecified atom stereocenters. The summed E-state index contributed by atoms with van der Waals surface area (Å²) in [5.41, 5.74) is 0.221. The van der Waals surface area contributed by atoms with Gasteiger partial charge in [-0.3, -0.25) is 9.59 Å². The SMILES string of the molecule is CNCc1ccc(F)cc1.Cn1ccn2c(=O)c(O)c(C=O)nc12. The number of halogens is 1. The first kappa shape index (κ1) is 17.4. The van der Waals surface area contributed by atoms with Crippen LogP contribution in [0.4, 0.5) is 4.39 Å². The summed E-state index contributed by atoms with van der Waals surface area (Å²) in [6.45, 7) is 0.792. The molecule has 0 amide bonds. The van der Waals surface area contributed by atoms with Gasteiger partial charge in [-0.15, -0.1) is 0 Å². The molecule has 2 heterocycles. The zero-order valence-electron chi connectivity index (χ0n) is 13.2. The van der Waals surface area contributed by atoms with Crippen LogP contribution in [0.2, 0.25) is 0 Å². The van der Waals surface area contributed by atoms with Gasteiger partial charge >= 0.3 is 5.56 Å². The molecule has 0 saturated carbocycles. The molecule has 0 spiro atoms. The summed E-state index contributed by atoms with van der Waals surface area (Å²) in [7, 11) is 3.55. The number of rotatable bonds is 3. The third kappa shape index (κ3) is 3.66. The fourth-order valence-electron chi connectivity index (χ4n) is 2.03. The fourth-order valence-corrected chi connectivity index (χ4v) is 2.03. The lowest BCUT2D eigenvalue weighted by molar-refractivity contribution is 0.111. The molecule has 8 heteroatoms. The van der Waals surface area contributed by atoms with E-state index < -0.39 is 11.3 Å². The number of hydrogen-bond donors (Lipinski definition) is 2. The van der Waals surface area contributed by atoms with Gasteiger partial charge in [0.1, 0.15) is 5.82 Å². The molecule has 24 heavy (non-hydrogen) atoms. The van der Waals surface area contributed by atoms with Crippen molar-refractivity contribution in [3.63, 3.8) is 0 Å². The van der Waals surface area contributed by atoms with Gasteiger partial charge in [-0.05, 0) is 24.7 Å². The Bertz CT molecular complexity index is 900. The predicted molar refractivity (Wildman–Crippen MR) is 86.6 cm³/mol. The molecule has 7 nitrogen and oxygen atoms in total. The quantitative estimate of drug-likeness (QED) is 0.701. The second kappa shape index (κ2) is 7.51. The first-order valence-corrected chi connectivity index (χ1v) is 7.08. The third-order valence-corrected chi connectivity index (χ3v) is 3.26. The van der Waals surface area contributed by atoms with Gasteiger partial charge in [-0.1, -0.05) is 12.1 Å². The molecule has 126 valence electrons. The van der Waals surface area contributed by atoms with E-state index in [-0.39, 0.29) is 11.5 Å². The lowest BCUT2D eigenvalue weighted by atomic mass is 10.2. The van der Waals surface area contributed by atoms with Crippen molar-refractivity contribution in [2.75, 3.05) is 7.05 Å². The van der Waals surface area contributed by atoms with Crippen LogP contribution in [0.5, 0.6) is 5.75 Å². The zero-order chi connectivity index (χ0) is 17.7. The molecule has 0 fully saturated rings. The molecule has 0 radical (unpaired) electrons. The molecule has 0 bridgehead atoms. The molecule has 0 aliphatic rings. The van der Waals surface area contributed by atoms with Crippen molar-refractivity contribution < 1.29 is 14.3 Å². The Morgan fingerprint density at radius 2 is 1.96 bits per heavy atom. The van der Waals surface area contributed by atoms with Crippen LogP contribution in [0.15, 0.2) is 41.5 Å². The Hall–Kier alpha value is -3.00. The number of aromatic nitrogens is 3. The van der Waals surface area contributed by atoms with Crippen LogP contribution in [-0.4, -0.2) is 32.4 Å². The molecule has 0 aliphatic heterocycles. The monoisotopic (exact) mass is 332 g/mol. The summed E-state index contributed by atoms with van der Waals surface area (Å²) in [5.74, 6) is -0.488. The molecular weight excluding hydrogens is 315 g/mol. The van der Waals surface area contributed by atoms with Crippen molar-refractivity contribution in [2.45, 2.75) is 6.54 Å². The molecule has 3 rings (SSSR count). The van der Waals surface area contributed by atoms with Crippen LogP contribution < -0.4 is 10.9 Å². The minimum Gasteiger partial charge on any atom is -0.501 e. The number of carbonyl (C=O) groups excluding carboxylic acids is 1. The smallest absolute Gasteiger partial charge is 0.302 e. The van der Waals surface area contributed by atoms with Gasteiger partial charge in [-0.25, -0.2) is 13.8 Å². The maximum absolute atomic E-state index is 12.3. The van der Waals surface area contributed by atoms with Gasteiger partial charge in [0, 0.05) is 26.0 Å². The number of carbonyl (C=O) groups is 1. The second-order valence-corrected chi connectivity index (χ2v) is 5.00. The summed E-state index contributed by atoms with van der Waals surface area (Å²) < 4.78 is 15.1. The number of aryl methyl sites for hydroxylation is 1. The summed E-state index contributed by atoms with van der Waals surface area (Å²) in [4.78, 5) is 25.7. The van der Waals surface area contributed by atoms with E-state index in [1.54, 1.807) is 29.9 Å². The molecule has 0 atom stereocenters. The highest BCUT2D eigenvalue weighted by atomic mass is 19.1. The standard InChI is InChI=1S/C8H10FN.C8H7N3O3/c1-10-6-7-2-4-8(9)5-3-7;1-10-2-3-11-7(14)6(13)5(4-12)9-8(10)11/h2-5,10H,6H2,1H3;2-4,13H,1H3. The fraction of sp³-hybridized carbons (Fsp3) is 0.188. The van der Waals surface area contributed by atoms with E-state index in [0.717, 1.165) is 12.1 Å². The highest BCUT2D eigenvalue weighted by molar-refractivity contribution is 5.76. The minimum absolute atomic E-state index is 0.181. The first-order valence-electron chi connectivity index (χ1n) is 7.08. The van der Waals surface area contributed by atoms with Crippen LogP contribution >= 0.6 is 0 Å². The number of imidazole rings is 1. The van der Waals surface area contributed by atoms with E-state index >= 15 is 0 Å². The summed E-state index contributed by atoms with van der Waals surface area (Å²) >= 11 is 0. The van der Waals surface area contributed by atoms with Crippen LogP contribution in [0.3, 0.4) is 0 Å². The molecule has 0 saturated heterocycles. The highest BCUT2D eigenvalue weighted by Gasteiger charge is 2.11. The summed E-state index contributed by atoms with van der Waals surface area (Å²) in [6, 6.07) is 6.47. The lowest BCUT2D eigenvalue weighted by Crippen LogP contribution is -2.15. The van der Waals surface area contributed by atoms with Gasteiger partial charge in [-0.2, -0.15) is 0 Å². The Morgan fingerprint density at radius 1 is 1.29 bits per heavy atom. The van der Waals surface area contributed by atoms with Crippen molar-refractivity contribution in [3.8, 4) is 5.75 Å². The van der Waals surface area contributed by atoms with E-state index in [1.807, 2.05) is 7.05 Å². The Kier molecular flexibility index (Phi) is 5.43. The maximum Gasteiger partial charge on any atom is 0.302 e. The van der Waals surface area contributed by atoms with Gasteiger partial charge in [0.25, 0.3) is 0 Å². The number of hydrogen-bond acceptors (Lipinski definition) is 5. The van der Waals surface area contributed by atoms with Crippen LogP contribution in [-0.2, 0) is 13.6 Å². The summed E-state index contributed by atoms with van der Waals surface area (Å²) in [6.07, 6.45) is 3.43. The summed E-state index contributed by atoms with van der Waals surface area (Å²) in [5, 5.41) is 12.2. The zero-order valence-corrected chi connectivity index (χ0v) is 13.2. The van der Waals surface area contributed by atoms with E-state index in [9.17, 15) is 19.1 Å². The second-order valence-electron chi connectivity index (χ2n) is 5.00. The molecule has 1 aromatic carbocycles. The number of nitrogens with zero attached hydrogens (tertiary/aromatic N) is 3. The number of benzene rings is 1. The predicted octanol–water partition coefficient (Wildman–Crippen LogP) is 1.10. The topological polar surface area (TPSA) is 88.6 Å². The van der Waals surface area contributed by atoms with Gasteiger partial charge < -0.3 is 15.0 Å². The molecule has 2 aromatic heterocycles. The molecule has 0 aliphatic carbocycles. The van der Waals surface area contributed by atoms with E-state index in [2.05, 4.69) is 10.3 Å². The van der Waals surface area contributed by atoms with Crippen LogP contribution in [0, 0.1) is 5.82 Å². The molecule has 2 N–H and O–H groups in total. The van der Waals surface area contributed by atoms with Gasteiger partial charge in [0.15, 0.2) is 12.0 Å². The Labute approximate surface area is 137 Å². The minimum atomic E-state index is -0.641. The van der Waals surface area contributed by atoms with Gasteiger partial charge in [0.2, 0.25) is 11.5 Å². The molecule has 3 aromatic rings. The number of nitrogens with one attached hydrogen (secondary N) is 1. The maximum atomic E-state index is 12.3. The highest BCUT2D eigenvalue weighted by Crippen LogP contribution is 2.07. The van der Waals surface area contributed by atoms with Crippen molar-refractivity contribution in [3.05, 3.63) is 64.1 Å². The normalized spacial score (nSPS) is 10.3. The van der Waals surface area contributed by atoms with E-state index in [1.165, 1.54) is 22.7 Å². The Morgan fingerprint density at radius 3 is 2.54 bits per heavy atom. The molecular formula is C16H17FN4O3. The Balaban J connectivity index is 0.000000185. The van der Waals surface area contributed by atoms with Crippen molar-refractivity contribution in [1.82, 2.24) is 19.3 Å². The van der Waals surface area contributed by atoms with E-state index in [4.69, 9.17) is 0 Å². The number of aromatic hydroxyl groups is 1. The van der Waals surface area contributed by atoms with Crippen molar-refractivity contribution in [2.24, 2.45) is 7.05 Å². The third-order valence-electron chi connectivity index (χ3n) is 3.26. The van der Waals surface area contributed by atoms with Crippen molar-refractivity contribution in [1.29, 1.82) is 0 Å². The average Bonchev–Trinajstić information content (AvgIpc) is 2.95. The number of aldehydes is 1. The lowest BCUT2D eigenvalue weighted by Gasteiger charge is -1.98.